The van der Waals surface area contributed by atoms with Crippen LogP contribution in [0.25, 0.3) is 0 Å². The van der Waals surface area contributed by atoms with Gasteiger partial charge in [-0.2, -0.15) is 0 Å². The molecule has 1 aliphatic rings. The SMILES string of the molecule is Cc1cc(Cl)c(CC2COCCN2)cc1F. The summed E-state index contributed by atoms with van der Waals surface area (Å²) >= 11 is 6.09. The molecule has 2 rings (SSSR count). The fourth-order valence-corrected chi connectivity index (χ4v) is 2.16. The van der Waals surface area contributed by atoms with Gasteiger partial charge in [0.15, 0.2) is 0 Å². The number of morpholine rings is 1. The van der Waals surface area contributed by atoms with Crippen molar-refractivity contribution in [1.82, 2.24) is 5.32 Å². The quantitative estimate of drug-likeness (QED) is 0.861. The largest absolute Gasteiger partial charge is 0.379 e. The van der Waals surface area contributed by atoms with E-state index in [9.17, 15) is 4.39 Å². The van der Waals surface area contributed by atoms with E-state index >= 15 is 0 Å². The van der Waals surface area contributed by atoms with Crippen LogP contribution < -0.4 is 5.32 Å². The Balaban J connectivity index is 2.11. The molecular weight excluding hydrogens is 229 g/mol. The van der Waals surface area contributed by atoms with Gasteiger partial charge in [0.1, 0.15) is 5.82 Å². The molecule has 1 N–H and O–H groups in total. The molecule has 1 aromatic carbocycles. The van der Waals surface area contributed by atoms with E-state index in [1.807, 2.05) is 0 Å². The fourth-order valence-electron chi connectivity index (χ4n) is 1.86. The third kappa shape index (κ3) is 2.73. The standard InChI is InChI=1S/C12H15ClFNO/c1-8-4-11(13)9(6-12(8)14)5-10-7-16-3-2-15-10/h4,6,10,15H,2-3,5,7H2,1H3. The molecule has 16 heavy (non-hydrogen) atoms. The summed E-state index contributed by atoms with van der Waals surface area (Å²) in [6.07, 6.45) is 0.704. The minimum absolute atomic E-state index is 0.198. The first kappa shape index (κ1) is 11.8. The van der Waals surface area contributed by atoms with Crippen LogP contribution in [0.15, 0.2) is 12.1 Å². The Morgan fingerprint density at radius 2 is 2.38 bits per heavy atom. The topological polar surface area (TPSA) is 21.3 Å². The maximum absolute atomic E-state index is 13.4. The van der Waals surface area contributed by atoms with Gasteiger partial charge in [-0.3, -0.25) is 0 Å². The Kier molecular flexibility index (Phi) is 3.79. The summed E-state index contributed by atoms with van der Waals surface area (Å²) in [5.41, 5.74) is 1.43. The van der Waals surface area contributed by atoms with Crippen molar-refractivity contribution < 1.29 is 9.13 Å². The highest BCUT2D eigenvalue weighted by Crippen LogP contribution is 2.22. The molecule has 4 heteroatoms. The number of rotatable bonds is 2. The third-order valence-corrected chi connectivity index (χ3v) is 3.14. The summed E-state index contributed by atoms with van der Waals surface area (Å²) in [6.45, 7) is 3.96. The van der Waals surface area contributed by atoms with E-state index < -0.39 is 0 Å². The second-order valence-electron chi connectivity index (χ2n) is 4.12. The van der Waals surface area contributed by atoms with Gasteiger partial charge in [-0.25, -0.2) is 4.39 Å². The van der Waals surface area contributed by atoms with Crippen molar-refractivity contribution in [3.05, 3.63) is 34.1 Å². The van der Waals surface area contributed by atoms with Gasteiger partial charge in [-0.15, -0.1) is 0 Å². The lowest BCUT2D eigenvalue weighted by Crippen LogP contribution is -2.42. The molecule has 1 fully saturated rings. The molecule has 0 radical (unpaired) electrons. The maximum Gasteiger partial charge on any atom is 0.126 e. The van der Waals surface area contributed by atoms with E-state index in [0.717, 1.165) is 18.7 Å². The molecule has 1 heterocycles. The lowest BCUT2D eigenvalue weighted by molar-refractivity contribution is 0.0770. The average Bonchev–Trinajstić information content (AvgIpc) is 2.27. The molecule has 2 nitrogen and oxygen atoms in total. The van der Waals surface area contributed by atoms with Gasteiger partial charge < -0.3 is 10.1 Å². The first-order valence-corrected chi connectivity index (χ1v) is 5.80. The Hall–Kier alpha value is -0.640. The lowest BCUT2D eigenvalue weighted by atomic mass is 10.0. The van der Waals surface area contributed by atoms with Crippen LogP contribution in [0.2, 0.25) is 5.02 Å². The van der Waals surface area contributed by atoms with Crippen LogP contribution in [0.4, 0.5) is 4.39 Å². The van der Waals surface area contributed by atoms with Crippen molar-refractivity contribution in [1.29, 1.82) is 0 Å². The van der Waals surface area contributed by atoms with Gasteiger partial charge in [0, 0.05) is 17.6 Å². The zero-order chi connectivity index (χ0) is 11.5. The Morgan fingerprint density at radius 1 is 1.56 bits per heavy atom. The van der Waals surface area contributed by atoms with Crippen molar-refractivity contribution in [3.63, 3.8) is 0 Å². The van der Waals surface area contributed by atoms with E-state index in [1.54, 1.807) is 13.0 Å². The van der Waals surface area contributed by atoms with Gasteiger partial charge in [-0.1, -0.05) is 11.6 Å². The minimum atomic E-state index is -0.198. The molecule has 0 bridgehead atoms. The normalized spacial score (nSPS) is 21.1. The predicted octanol–water partition coefficient (Wildman–Crippen LogP) is 2.32. The molecule has 0 amide bonds. The minimum Gasteiger partial charge on any atom is -0.379 e. The molecule has 0 aromatic heterocycles. The highest BCUT2D eigenvalue weighted by molar-refractivity contribution is 6.31. The van der Waals surface area contributed by atoms with E-state index in [-0.39, 0.29) is 11.9 Å². The van der Waals surface area contributed by atoms with Crippen molar-refractivity contribution in [3.8, 4) is 0 Å². The summed E-state index contributed by atoms with van der Waals surface area (Å²) < 4.78 is 18.8. The van der Waals surface area contributed by atoms with Crippen LogP contribution in [-0.2, 0) is 11.2 Å². The lowest BCUT2D eigenvalue weighted by Gasteiger charge is -2.24. The molecule has 0 spiro atoms. The van der Waals surface area contributed by atoms with Crippen LogP contribution in [0.1, 0.15) is 11.1 Å². The van der Waals surface area contributed by atoms with Crippen molar-refractivity contribution in [2.24, 2.45) is 0 Å². The van der Waals surface area contributed by atoms with E-state index in [1.165, 1.54) is 6.07 Å². The number of ether oxygens (including phenoxy) is 1. The van der Waals surface area contributed by atoms with Crippen LogP contribution in [-0.4, -0.2) is 25.8 Å². The number of halogens is 2. The predicted molar refractivity (Wildman–Crippen MR) is 62.5 cm³/mol. The van der Waals surface area contributed by atoms with E-state index in [0.29, 0.717) is 23.6 Å². The van der Waals surface area contributed by atoms with Crippen LogP contribution in [0, 0.1) is 12.7 Å². The number of benzene rings is 1. The second kappa shape index (κ2) is 5.13. The van der Waals surface area contributed by atoms with E-state index in [2.05, 4.69) is 5.32 Å². The fraction of sp³-hybridized carbons (Fsp3) is 0.500. The Morgan fingerprint density at radius 3 is 3.06 bits per heavy atom. The molecule has 1 unspecified atom stereocenters. The highest BCUT2D eigenvalue weighted by atomic mass is 35.5. The third-order valence-electron chi connectivity index (χ3n) is 2.79. The van der Waals surface area contributed by atoms with Gasteiger partial charge in [0.2, 0.25) is 0 Å². The molecule has 0 saturated carbocycles. The zero-order valence-electron chi connectivity index (χ0n) is 9.22. The zero-order valence-corrected chi connectivity index (χ0v) is 9.98. The first-order chi connectivity index (χ1) is 7.66. The highest BCUT2D eigenvalue weighted by Gasteiger charge is 2.16. The molecule has 0 aliphatic carbocycles. The Bertz CT molecular complexity index is 378. The van der Waals surface area contributed by atoms with Gasteiger partial charge >= 0.3 is 0 Å². The van der Waals surface area contributed by atoms with Crippen molar-refractivity contribution >= 4 is 11.6 Å². The molecule has 1 saturated heterocycles. The summed E-state index contributed by atoms with van der Waals surface area (Å²) in [4.78, 5) is 0. The van der Waals surface area contributed by atoms with Crippen molar-refractivity contribution in [2.75, 3.05) is 19.8 Å². The second-order valence-corrected chi connectivity index (χ2v) is 4.53. The maximum atomic E-state index is 13.4. The summed E-state index contributed by atoms with van der Waals surface area (Å²) in [5, 5.41) is 3.95. The smallest absolute Gasteiger partial charge is 0.126 e. The summed E-state index contributed by atoms with van der Waals surface area (Å²) in [5.74, 6) is -0.198. The van der Waals surface area contributed by atoms with Gasteiger partial charge in [0.25, 0.3) is 0 Å². The van der Waals surface area contributed by atoms with Crippen molar-refractivity contribution in [2.45, 2.75) is 19.4 Å². The van der Waals surface area contributed by atoms with Crippen LogP contribution in [0.3, 0.4) is 0 Å². The van der Waals surface area contributed by atoms with Gasteiger partial charge in [-0.05, 0) is 36.6 Å². The number of hydrogen-bond acceptors (Lipinski definition) is 2. The van der Waals surface area contributed by atoms with Crippen LogP contribution >= 0.6 is 11.6 Å². The summed E-state index contributed by atoms with van der Waals surface area (Å²) in [6, 6.07) is 3.43. The number of nitrogens with one attached hydrogen (secondary N) is 1. The number of aryl methyl sites for hydroxylation is 1. The first-order valence-electron chi connectivity index (χ1n) is 5.42. The van der Waals surface area contributed by atoms with E-state index in [4.69, 9.17) is 16.3 Å². The molecule has 1 aliphatic heterocycles. The van der Waals surface area contributed by atoms with Gasteiger partial charge in [0.05, 0.1) is 13.2 Å². The molecule has 88 valence electrons. The monoisotopic (exact) mass is 243 g/mol. The molecule has 1 aromatic rings. The molecule has 1 atom stereocenters. The Labute approximate surface area is 99.7 Å². The summed E-state index contributed by atoms with van der Waals surface area (Å²) in [7, 11) is 0. The number of hydrogen-bond donors (Lipinski definition) is 1. The average molecular weight is 244 g/mol. The molecular formula is C12H15ClFNO. The van der Waals surface area contributed by atoms with Crippen LogP contribution in [0.5, 0.6) is 0 Å².